The van der Waals surface area contributed by atoms with Gasteiger partial charge in [-0.25, -0.2) is 0 Å². The zero-order valence-corrected chi connectivity index (χ0v) is 6.18. The highest BCUT2D eigenvalue weighted by atomic mass is 16.5. The van der Waals surface area contributed by atoms with Gasteiger partial charge in [0, 0.05) is 5.41 Å². The first-order chi connectivity index (χ1) is 4.33. The summed E-state index contributed by atoms with van der Waals surface area (Å²) in [4.78, 5) is 0. The molecule has 1 aliphatic heterocycles. The van der Waals surface area contributed by atoms with E-state index >= 15 is 0 Å². The Morgan fingerprint density at radius 1 is 1.56 bits per heavy atom. The van der Waals surface area contributed by atoms with Crippen LogP contribution >= 0.6 is 0 Å². The summed E-state index contributed by atoms with van der Waals surface area (Å²) in [6.07, 6.45) is 5.58. The van der Waals surface area contributed by atoms with Crippen molar-refractivity contribution >= 4 is 0 Å². The standard InChI is InChI=1S/C8H14O/c1-3-5-8(4-2)6-9-7-8/h3,5H,4,6-7H2,1-2H3. The average Bonchev–Trinajstić information content (AvgIpc) is 1.79. The van der Waals surface area contributed by atoms with Crippen molar-refractivity contribution in [1.82, 2.24) is 0 Å². The smallest absolute Gasteiger partial charge is 0.0579 e. The van der Waals surface area contributed by atoms with Crippen molar-refractivity contribution in [3.63, 3.8) is 0 Å². The fourth-order valence-corrected chi connectivity index (χ4v) is 1.14. The molecule has 0 saturated carbocycles. The van der Waals surface area contributed by atoms with Crippen molar-refractivity contribution in [2.45, 2.75) is 20.3 Å². The first-order valence-corrected chi connectivity index (χ1v) is 3.54. The summed E-state index contributed by atoms with van der Waals surface area (Å²) in [5, 5.41) is 0. The first kappa shape index (κ1) is 6.81. The lowest BCUT2D eigenvalue weighted by atomic mass is 9.83. The molecule has 0 amide bonds. The van der Waals surface area contributed by atoms with Crippen LogP contribution in [0.5, 0.6) is 0 Å². The molecule has 1 saturated heterocycles. The number of rotatable bonds is 2. The summed E-state index contributed by atoms with van der Waals surface area (Å²) in [5.74, 6) is 0. The van der Waals surface area contributed by atoms with Crippen molar-refractivity contribution in [3.8, 4) is 0 Å². The first-order valence-electron chi connectivity index (χ1n) is 3.54. The second kappa shape index (κ2) is 2.53. The van der Waals surface area contributed by atoms with Crippen LogP contribution in [-0.4, -0.2) is 13.2 Å². The molecular weight excluding hydrogens is 112 g/mol. The van der Waals surface area contributed by atoms with Crippen LogP contribution in [0.25, 0.3) is 0 Å². The Kier molecular flexibility index (Phi) is 1.91. The highest BCUT2D eigenvalue weighted by molar-refractivity contribution is 5.01. The molecule has 1 fully saturated rings. The second-order valence-electron chi connectivity index (χ2n) is 2.71. The summed E-state index contributed by atoms with van der Waals surface area (Å²) in [6, 6.07) is 0. The van der Waals surface area contributed by atoms with Gasteiger partial charge in [0.15, 0.2) is 0 Å². The number of allylic oxidation sites excluding steroid dienone is 1. The van der Waals surface area contributed by atoms with Gasteiger partial charge in [-0.05, 0) is 13.3 Å². The summed E-state index contributed by atoms with van der Waals surface area (Å²) >= 11 is 0. The van der Waals surface area contributed by atoms with Crippen LogP contribution in [0.2, 0.25) is 0 Å². The molecule has 0 aromatic rings. The maximum absolute atomic E-state index is 5.13. The van der Waals surface area contributed by atoms with E-state index in [1.165, 1.54) is 6.42 Å². The lowest BCUT2D eigenvalue weighted by Crippen LogP contribution is -2.39. The third-order valence-corrected chi connectivity index (χ3v) is 2.00. The minimum atomic E-state index is 0.411. The van der Waals surface area contributed by atoms with Crippen molar-refractivity contribution in [2.24, 2.45) is 5.41 Å². The fourth-order valence-electron chi connectivity index (χ4n) is 1.14. The third kappa shape index (κ3) is 1.16. The molecule has 1 nitrogen and oxygen atoms in total. The normalized spacial score (nSPS) is 24.2. The van der Waals surface area contributed by atoms with Crippen molar-refractivity contribution in [3.05, 3.63) is 12.2 Å². The average molecular weight is 126 g/mol. The molecule has 1 heterocycles. The van der Waals surface area contributed by atoms with Crippen LogP contribution in [-0.2, 0) is 4.74 Å². The van der Waals surface area contributed by atoms with E-state index < -0.39 is 0 Å². The van der Waals surface area contributed by atoms with E-state index in [0.29, 0.717) is 5.41 Å². The molecule has 9 heavy (non-hydrogen) atoms. The summed E-state index contributed by atoms with van der Waals surface area (Å²) in [7, 11) is 0. The SMILES string of the molecule is CC=CC1(CC)COC1. The zero-order valence-electron chi connectivity index (χ0n) is 6.18. The van der Waals surface area contributed by atoms with Gasteiger partial charge in [-0.2, -0.15) is 0 Å². The molecule has 0 aromatic heterocycles. The van der Waals surface area contributed by atoms with Crippen molar-refractivity contribution in [1.29, 1.82) is 0 Å². The monoisotopic (exact) mass is 126 g/mol. The van der Waals surface area contributed by atoms with Crippen LogP contribution in [0, 0.1) is 5.41 Å². The molecule has 0 spiro atoms. The van der Waals surface area contributed by atoms with Gasteiger partial charge < -0.3 is 4.74 Å². The molecule has 0 atom stereocenters. The Labute approximate surface area is 56.7 Å². The van der Waals surface area contributed by atoms with E-state index in [2.05, 4.69) is 26.0 Å². The highest BCUT2D eigenvalue weighted by Crippen LogP contribution is 2.32. The maximum Gasteiger partial charge on any atom is 0.0579 e. The number of hydrogen-bond donors (Lipinski definition) is 0. The molecule has 0 N–H and O–H groups in total. The largest absolute Gasteiger partial charge is 0.379 e. The van der Waals surface area contributed by atoms with Crippen LogP contribution in [0.3, 0.4) is 0 Å². The van der Waals surface area contributed by atoms with E-state index in [4.69, 9.17) is 4.74 Å². The summed E-state index contributed by atoms with van der Waals surface area (Å²) in [6.45, 7) is 6.12. The Bertz CT molecular complexity index is 106. The molecule has 1 aliphatic rings. The van der Waals surface area contributed by atoms with E-state index in [0.717, 1.165) is 13.2 Å². The van der Waals surface area contributed by atoms with Crippen molar-refractivity contribution in [2.75, 3.05) is 13.2 Å². The van der Waals surface area contributed by atoms with Crippen LogP contribution in [0.1, 0.15) is 20.3 Å². The Morgan fingerprint density at radius 2 is 2.22 bits per heavy atom. The molecule has 0 aromatic carbocycles. The molecule has 0 aliphatic carbocycles. The predicted octanol–water partition coefficient (Wildman–Crippen LogP) is 1.99. The molecule has 1 heteroatoms. The number of hydrogen-bond acceptors (Lipinski definition) is 1. The van der Waals surface area contributed by atoms with E-state index in [-0.39, 0.29) is 0 Å². The van der Waals surface area contributed by atoms with Gasteiger partial charge in [-0.15, -0.1) is 0 Å². The fraction of sp³-hybridized carbons (Fsp3) is 0.750. The summed E-state index contributed by atoms with van der Waals surface area (Å²) in [5.41, 5.74) is 0.411. The topological polar surface area (TPSA) is 9.23 Å². The third-order valence-electron chi connectivity index (χ3n) is 2.00. The van der Waals surface area contributed by atoms with Crippen molar-refractivity contribution < 1.29 is 4.74 Å². The summed E-state index contributed by atoms with van der Waals surface area (Å²) < 4.78 is 5.13. The van der Waals surface area contributed by atoms with Crippen LogP contribution in [0.15, 0.2) is 12.2 Å². The lowest BCUT2D eigenvalue weighted by molar-refractivity contribution is -0.0837. The highest BCUT2D eigenvalue weighted by Gasteiger charge is 2.33. The number of ether oxygens (including phenoxy) is 1. The van der Waals surface area contributed by atoms with Gasteiger partial charge in [-0.1, -0.05) is 19.1 Å². The van der Waals surface area contributed by atoms with Gasteiger partial charge >= 0.3 is 0 Å². The second-order valence-corrected chi connectivity index (χ2v) is 2.71. The van der Waals surface area contributed by atoms with E-state index in [1.54, 1.807) is 0 Å². The minimum Gasteiger partial charge on any atom is -0.379 e. The predicted molar refractivity (Wildman–Crippen MR) is 38.4 cm³/mol. The Balaban J connectivity index is 2.46. The molecule has 0 radical (unpaired) electrons. The Hall–Kier alpha value is -0.300. The van der Waals surface area contributed by atoms with E-state index in [9.17, 15) is 0 Å². The molecule has 0 bridgehead atoms. The quantitative estimate of drug-likeness (QED) is 0.514. The lowest BCUT2D eigenvalue weighted by Gasteiger charge is -2.38. The molecular formula is C8H14O. The molecule has 0 unspecified atom stereocenters. The van der Waals surface area contributed by atoms with Gasteiger partial charge in [0.2, 0.25) is 0 Å². The van der Waals surface area contributed by atoms with Gasteiger partial charge in [0.1, 0.15) is 0 Å². The Morgan fingerprint density at radius 3 is 2.33 bits per heavy atom. The van der Waals surface area contributed by atoms with Gasteiger partial charge in [0.25, 0.3) is 0 Å². The zero-order chi connectivity index (χ0) is 6.74. The maximum atomic E-state index is 5.13. The minimum absolute atomic E-state index is 0.411. The van der Waals surface area contributed by atoms with Crippen LogP contribution in [0.4, 0.5) is 0 Å². The molecule has 52 valence electrons. The molecule has 1 rings (SSSR count). The van der Waals surface area contributed by atoms with E-state index in [1.807, 2.05) is 0 Å². The van der Waals surface area contributed by atoms with Crippen LogP contribution < -0.4 is 0 Å². The van der Waals surface area contributed by atoms with Gasteiger partial charge in [0.05, 0.1) is 13.2 Å². The van der Waals surface area contributed by atoms with Gasteiger partial charge in [-0.3, -0.25) is 0 Å².